The van der Waals surface area contributed by atoms with Crippen LogP contribution in [0, 0.1) is 5.92 Å². The van der Waals surface area contributed by atoms with Gasteiger partial charge in [0.25, 0.3) is 0 Å². The van der Waals surface area contributed by atoms with Crippen molar-refractivity contribution < 1.29 is 9.15 Å². The quantitative estimate of drug-likeness (QED) is 0.755. The molecule has 1 aliphatic heterocycles. The molecule has 2 rings (SSSR count). The number of hydrogen-bond acceptors (Lipinski definition) is 3. The molecule has 72 valence electrons. The van der Waals surface area contributed by atoms with Crippen LogP contribution in [0.1, 0.15) is 25.1 Å². The summed E-state index contributed by atoms with van der Waals surface area (Å²) in [4.78, 5) is 0. The van der Waals surface area contributed by atoms with E-state index in [9.17, 15) is 0 Å². The Hall–Kier alpha value is -0.800. The summed E-state index contributed by atoms with van der Waals surface area (Å²) in [6.45, 7) is 2.83. The summed E-state index contributed by atoms with van der Waals surface area (Å²) in [6.07, 6.45) is 3.03. The van der Waals surface area contributed by atoms with Crippen LogP contribution in [0.4, 0.5) is 0 Å². The molecule has 13 heavy (non-hydrogen) atoms. The van der Waals surface area contributed by atoms with Crippen molar-refractivity contribution in [2.24, 2.45) is 11.7 Å². The molecular formula is C10H15NO2. The van der Waals surface area contributed by atoms with E-state index in [-0.39, 0.29) is 6.04 Å². The Morgan fingerprint density at radius 2 is 2.46 bits per heavy atom. The SMILES string of the molecule is CC1CC(C(N)c2ccco2)CO1. The summed E-state index contributed by atoms with van der Waals surface area (Å²) in [5, 5.41) is 0. The molecule has 0 aromatic carbocycles. The standard InChI is InChI=1S/C10H15NO2/c1-7-5-8(6-13-7)10(11)9-3-2-4-12-9/h2-4,7-8,10H,5-6,11H2,1H3. The average molecular weight is 181 g/mol. The smallest absolute Gasteiger partial charge is 0.120 e. The second kappa shape index (κ2) is 3.52. The first kappa shape index (κ1) is 8.78. The summed E-state index contributed by atoms with van der Waals surface area (Å²) in [5.41, 5.74) is 6.03. The molecule has 2 N–H and O–H groups in total. The Labute approximate surface area is 77.9 Å². The van der Waals surface area contributed by atoms with Crippen LogP contribution in [0.2, 0.25) is 0 Å². The zero-order valence-electron chi connectivity index (χ0n) is 7.77. The topological polar surface area (TPSA) is 48.4 Å². The summed E-state index contributed by atoms with van der Waals surface area (Å²) in [7, 11) is 0. The highest BCUT2D eigenvalue weighted by Crippen LogP contribution is 2.29. The van der Waals surface area contributed by atoms with E-state index in [0.717, 1.165) is 18.8 Å². The van der Waals surface area contributed by atoms with Crippen LogP contribution in [0.25, 0.3) is 0 Å². The zero-order chi connectivity index (χ0) is 9.26. The minimum absolute atomic E-state index is 0.0139. The number of rotatable bonds is 2. The lowest BCUT2D eigenvalue weighted by Crippen LogP contribution is -2.21. The first-order valence-corrected chi connectivity index (χ1v) is 4.68. The van der Waals surface area contributed by atoms with E-state index >= 15 is 0 Å². The molecular weight excluding hydrogens is 166 g/mol. The maximum atomic E-state index is 6.03. The maximum absolute atomic E-state index is 6.03. The van der Waals surface area contributed by atoms with Gasteiger partial charge in [-0.25, -0.2) is 0 Å². The average Bonchev–Trinajstić information content (AvgIpc) is 2.72. The van der Waals surface area contributed by atoms with Crippen LogP contribution < -0.4 is 5.73 Å². The van der Waals surface area contributed by atoms with Gasteiger partial charge in [0, 0.05) is 5.92 Å². The van der Waals surface area contributed by atoms with Gasteiger partial charge in [-0.05, 0) is 25.5 Å². The van der Waals surface area contributed by atoms with E-state index in [0.29, 0.717) is 12.0 Å². The normalized spacial score (nSPS) is 30.6. The zero-order valence-corrected chi connectivity index (χ0v) is 7.77. The van der Waals surface area contributed by atoms with Gasteiger partial charge in [-0.15, -0.1) is 0 Å². The first-order chi connectivity index (χ1) is 6.27. The molecule has 3 nitrogen and oxygen atoms in total. The molecule has 1 aromatic rings. The third kappa shape index (κ3) is 1.76. The predicted octanol–water partition coefficient (Wildman–Crippen LogP) is 1.70. The lowest BCUT2D eigenvalue weighted by Gasteiger charge is -2.14. The van der Waals surface area contributed by atoms with Crippen LogP contribution in [0.3, 0.4) is 0 Å². The fraction of sp³-hybridized carbons (Fsp3) is 0.600. The Balaban J connectivity index is 2.02. The minimum atomic E-state index is -0.0139. The Morgan fingerprint density at radius 3 is 3.00 bits per heavy atom. The first-order valence-electron chi connectivity index (χ1n) is 4.68. The van der Waals surface area contributed by atoms with Gasteiger partial charge in [0.1, 0.15) is 5.76 Å². The molecule has 0 bridgehead atoms. The molecule has 0 amide bonds. The van der Waals surface area contributed by atoms with Gasteiger partial charge in [-0.1, -0.05) is 0 Å². The monoisotopic (exact) mass is 181 g/mol. The van der Waals surface area contributed by atoms with Crippen LogP contribution in [0.15, 0.2) is 22.8 Å². The molecule has 0 spiro atoms. The Kier molecular flexibility index (Phi) is 2.38. The lowest BCUT2D eigenvalue weighted by atomic mass is 9.96. The van der Waals surface area contributed by atoms with Crippen molar-refractivity contribution in [1.29, 1.82) is 0 Å². The summed E-state index contributed by atoms with van der Waals surface area (Å²) in [5.74, 6) is 1.27. The van der Waals surface area contributed by atoms with Crippen LogP contribution in [-0.2, 0) is 4.74 Å². The fourth-order valence-electron chi connectivity index (χ4n) is 1.81. The molecule has 1 fully saturated rings. The largest absolute Gasteiger partial charge is 0.468 e. The Morgan fingerprint density at radius 1 is 1.62 bits per heavy atom. The van der Waals surface area contributed by atoms with Crippen molar-refractivity contribution in [2.45, 2.75) is 25.5 Å². The second-order valence-corrected chi connectivity index (χ2v) is 3.68. The van der Waals surface area contributed by atoms with Gasteiger partial charge in [-0.2, -0.15) is 0 Å². The van der Waals surface area contributed by atoms with Crippen LogP contribution in [-0.4, -0.2) is 12.7 Å². The predicted molar refractivity (Wildman–Crippen MR) is 49.2 cm³/mol. The molecule has 3 atom stereocenters. The van der Waals surface area contributed by atoms with E-state index in [1.54, 1.807) is 6.26 Å². The molecule has 3 heteroatoms. The van der Waals surface area contributed by atoms with Crippen molar-refractivity contribution in [3.63, 3.8) is 0 Å². The van der Waals surface area contributed by atoms with Gasteiger partial charge in [0.15, 0.2) is 0 Å². The summed E-state index contributed by atoms with van der Waals surface area (Å²) in [6, 6.07) is 3.78. The summed E-state index contributed by atoms with van der Waals surface area (Å²) >= 11 is 0. The molecule has 0 aliphatic carbocycles. The second-order valence-electron chi connectivity index (χ2n) is 3.68. The van der Waals surface area contributed by atoms with Gasteiger partial charge in [-0.3, -0.25) is 0 Å². The highest BCUT2D eigenvalue weighted by Gasteiger charge is 2.29. The van der Waals surface area contributed by atoms with E-state index in [1.165, 1.54) is 0 Å². The van der Waals surface area contributed by atoms with Crippen molar-refractivity contribution in [3.8, 4) is 0 Å². The molecule has 3 unspecified atom stereocenters. The van der Waals surface area contributed by atoms with Gasteiger partial charge in [0.05, 0.1) is 25.0 Å². The highest BCUT2D eigenvalue weighted by molar-refractivity contribution is 5.05. The third-order valence-corrected chi connectivity index (χ3v) is 2.61. The van der Waals surface area contributed by atoms with E-state index in [4.69, 9.17) is 14.9 Å². The fourth-order valence-corrected chi connectivity index (χ4v) is 1.81. The van der Waals surface area contributed by atoms with Crippen molar-refractivity contribution in [2.75, 3.05) is 6.61 Å². The van der Waals surface area contributed by atoms with Crippen molar-refractivity contribution in [3.05, 3.63) is 24.2 Å². The van der Waals surface area contributed by atoms with Crippen LogP contribution >= 0.6 is 0 Å². The van der Waals surface area contributed by atoms with E-state index in [1.807, 2.05) is 12.1 Å². The van der Waals surface area contributed by atoms with E-state index in [2.05, 4.69) is 6.92 Å². The molecule has 1 aliphatic rings. The molecule has 1 aromatic heterocycles. The molecule has 2 heterocycles. The van der Waals surface area contributed by atoms with Crippen molar-refractivity contribution >= 4 is 0 Å². The van der Waals surface area contributed by atoms with Crippen LogP contribution in [0.5, 0.6) is 0 Å². The van der Waals surface area contributed by atoms with E-state index < -0.39 is 0 Å². The third-order valence-electron chi connectivity index (χ3n) is 2.61. The highest BCUT2D eigenvalue weighted by atomic mass is 16.5. The number of ether oxygens (including phenoxy) is 1. The Bertz CT molecular complexity index is 258. The number of nitrogens with two attached hydrogens (primary N) is 1. The summed E-state index contributed by atoms with van der Waals surface area (Å²) < 4.78 is 10.7. The van der Waals surface area contributed by atoms with Gasteiger partial charge in [0.2, 0.25) is 0 Å². The van der Waals surface area contributed by atoms with Gasteiger partial charge >= 0.3 is 0 Å². The molecule has 0 saturated carbocycles. The maximum Gasteiger partial charge on any atom is 0.120 e. The number of hydrogen-bond donors (Lipinski definition) is 1. The molecule has 0 radical (unpaired) electrons. The molecule has 1 saturated heterocycles. The number of furan rings is 1. The minimum Gasteiger partial charge on any atom is -0.468 e. The lowest BCUT2D eigenvalue weighted by molar-refractivity contribution is 0.117. The van der Waals surface area contributed by atoms with Crippen molar-refractivity contribution in [1.82, 2.24) is 0 Å². The van der Waals surface area contributed by atoms with Gasteiger partial charge < -0.3 is 14.9 Å².